The molecule has 8 heteroatoms. The van der Waals surface area contributed by atoms with E-state index in [1.165, 1.54) is 0 Å². The van der Waals surface area contributed by atoms with E-state index in [1.807, 2.05) is 0 Å². The fourth-order valence-electron chi connectivity index (χ4n) is 3.10. The third-order valence-electron chi connectivity index (χ3n) is 4.38. The first-order chi connectivity index (χ1) is 10.6. The zero-order valence-corrected chi connectivity index (χ0v) is 13.3. The van der Waals surface area contributed by atoms with Crippen LogP contribution < -0.4 is 5.32 Å². The topological polar surface area (TPSA) is 35.6 Å². The Balaban J connectivity index is 0.00000192. The van der Waals surface area contributed by atoms with Crippen molar-refractivity contribution >= 4 is 18.3 Å². The summed E-state index contributed by atoms with van der Waals surface area (Å²) >= 11 is 0. The number of nitrogens with one attached hydrogen (secondary N) is 1. The molecule has 0 radical (unpaired) electrons. The van der Waals surface area contributed by atoms with Gasteiger partial charge in [0.2, 0.25) is 0 Å². The van der Waals surface area contributed by atoms with Gasteiger partial charge in [0.15, 0.2) is 17.5 Å². The molecule has 2 fully saturated rings. The van der Waals surface area contributed by atoms with E-state index in [0.717, 1.165) is 44.7 Å². The van der Waals surface area contributed by atoms with Gasteiger partial charge in [-0.2, -0.15) is 0 Å². The average molecular weight is 350 g/mol. The number of carbonyl (C=O) groups excluding carboxylic acids is 1. The second-order valence-corrected chi connectivity index (χ2v) is 5.73. The van der Waals surface area contributed by atoms with Crippen LogP contribution >= 0.6 is 12.4 Å². The van der Waals surface area contributed by atoms with Crippen LogP contribution in [-0.2, 0) is 0 Å². The zero-order valence-electron chi connectivity index (χ0n) is 12.5. The van der Waals surface area contributed by atoms with Gasteiger partial charge in [0.1, 0.15) is 0 Å². The number of rotatable bonds is 2. The lowest BCUT2D eigenvalue weighted by atomic mass is 10.1. The SMILES string of the molecule is Cl.O=C(c1cc(F)c(F)c(F)c1)N1CCN(C2CCNC2)CC1. The summed E-state index contributed by atoms with van der Waals surface area (Å²) in [6.45, 7) is 4.47. The van der Waals surface area contributed by atoms with Crippen molar-refractivity contribution in [2.75, 3.05) is 39.3 Å². The second kappa shape index (κ2) is 7.51. The molecule has 0 spiro atoms. The Morgan fingerprint density at radius 1 is 1.09 bits per heavy atom. The molecule has 1 aromatic rings. The molecule has 4 nitrogen and oxygen atoms in total. The lowest BCUT2D eigenvalue weighted by Gasteiger charge is -2.37. The molecule has 2 aliphatic rings. The molecule has 1 N–H and O–H groups in total. The molecule has 128 valence electrons. The molecule has 2 aliphatic heterocycles. The number of amides is 1. The van der Waals surface area contributed by atoms with E-state index in [9.17, 15) is 18.0 Å². The summed E-state index contributed by atoms with van der Waals surface area (Å²) in [5.41, 5.74) is -0.146. The molecule has 2 saturated heterocycles. The van der Waals surface area contributed by atoms with Gasteiger partial charge in [0.05, 0.1) is 0 Å². The molecular formula is C15H19ClF3N3O. The van der Waals surface area contributed by atoms with Gasteiger partial charge >= 0.3 is 0 Å². The lowest BCUT2D eigenvalue weighted by Crippen LogP contribution is -2.52. The van der Waals surface area contributed by atoms with Crippen LogP contribution in [0.15, 0.2) is 12.1 Å². The van der Waals surface area contributed by atoms with Crippen molar-refractivity contribution in [3.05, 3.63) is 35.1 Å². The van der Waals surface area contributed by atoms with Crippen molar-refractivity contribution in [1.82, 2.24) is 15.1 Å². The summed E-state index contributed by atoms with van der Waals surface area (Å²) < 4.78 is 39.4. The number of halogens is 4. The highest BCUT2D eigenvalue weighted by molar-refractivity contribution is 5.94. The summed E-state index contributed by atoms with van der Waals surface area (Å²) in [6.07, 6.45) is 1.10. The third kappa shape index (κ3) is 3.79. The van der Waals surface area contributed by atoms with E-state index in [-0.39, 0.29) is 18.0 Å². The number of piperazine rings is 1. The molecule has 3 rings (SSSR count). The largest absolute Gasteiger partial charge is 0.336 e. The van der Waals surface area contributed by atoms with Crippen molar-refractivity contribution in [2.24, 2.45) is 0 Å². The number of carbonyl (C=O) groups is 1. The average Bonchev–Trinajstić information content (AvgIpc) is 3.06. The van der Waals surface area contributed by atoms with Crippen molar-refractivity contribution < 1.29 is 18.0 Å². The molecule has 0 saturated carbocycles. The molecule has 0 aliphatic carbocycles. The molecule has 0 aromatic heterocycles. The maximum atomic E-state index is 13.2. The van der Waals surface area contributed by atoms with Gasteiger partial charge in [-0.15, -0.1) is 12.4 Å². The van der Waals surface area contributed by atoms with Crippen LogP contribution in [0.4, 0.5) is 13.2 Å². The highest BCUT2D eigenvalue weighted by atomic mass is 35.5. The van der Waals surface area contributed by atoms with Gasteiger partial charge in [0, 0.05) is 44.3 Å². The summed E-state index contributed by atoms with van der Waals surface area (Å²) in [7, 11) is 0. The van der Waals surface area contributed by atoms with Crippen LogP contribution in [0.3, 0.4) is 0 Å². The van der Waals surface area contributed by atoms with Crippen LogP contribution in [-0.4, -0.2) is 61.0 Å². The Labute approximate surface area is 139 Å². The summed E-state index contributed by atoms with van der Waals surface area (Å²) in [4.78, 5) is 16.2. The lowest BCUT2D eigenvalue weighted by molar-refractivity contribution is 0.0582. The van der Waals surface area contributed by atoms with Gasteiger partial charge in [-0.3, -0.25) is 9.69 Å². The summed E-state index contributed by atoms with van der Waals surface area (Å²) in [5.74, 6) is -4.67. The van der Waals surface area contributed by atoms with Crippen molar-refractivity contribution in [2.45, 2.75) is 12.5 Å². The second-order valence-electron chi connectivity index (χ2n) is 5.73. The normalized spacial score (nSPS) is 22.0. The zero-order chi connectivity index (χ0) is 15.7. The number of hydrogen-bond acceptors (Lipinski definition) is 3. The minimum atomic E-state index is -1.55. The van der Waals surface area contributed by atoms with Gasteiger partial charge in [-0.25, -0.2) is 13.2 Å². The Morgan fingerprint density at radius 2 is 1.70 bits per heavy atom. The molecule has 1 aromatic carbocycles. The van der Waals surface area contributed by atoms with Gasteiger partial charge in [-0.1, -0.05) is 0 Å². The molecule has 1 unspecified atom stereocenters. The van der Waals surface area contributed by atoms with Crippen LogP contribution in [0, 0.1) is 17.5 Å². The summed E-state index contributed by atoms with van der Waals surface area (Å²) in [6, 6.07) is 2.01. The van der Waals surface area contributed by atoms with E-state index in [0.29, 0.717) is 19.1 Å². The molecule has 0 bridgehead atoms. The van der Waals surface area contributed by atoms with E-state index >= 15 is 0 Å². The molecular weight excluding hydrogens is 331 g/mol. The number of nitrogens with zero attached hydrogens (tertiary/aromatic N) is 2. The van der Waals surface area contributed by atoms with Crippen LogP contribution in [0.2, 0.25) is 0 Å². The summed E-state index contributed by atoms with van der Waals surface area (Å²) in [5, 5.41) is 3.31. The monoisotopic (exact) mass is 349 g/mol. The van der Waals surface area contributed by atoms with E-state index in [4.69, 9.17) is 0 Å². The maximum absolute atomic E-state index is 13.2. The van der Waals surface area contributed by atoms with Gasteiger partial charge in [-0.05, 0) is 25.1 Å². The standard InChI is InChI=1S/C15H18F3N3O.ClH/c16-12-7-10(8-13(17)14(12)18)15(22)21-5-3-20(4-6-21)11-1-2-19-9-11;/h7-8,11,19H,1-6,9H2;1H. The molecule has 1 amide bonds. The quantitative estimate of drug-likeness (QED) is 0.825. The van der Waals surface area contributed by atoms with Gasteiger partial charge in [0.25, 0.3) is 5.91 Å². The smallest absolute Gasteiger partial charge is 0.254 e. The Hall–Kier alpha value is -1.31. The van der Waals surface area contributed by atoms with E-state index in [1.54, 1.807) is 4.90 Å². The van der Waals surface area contributed by atoms with E-state index in [2.05, 4.69) is 10.2 Å². The molecule has 1 atom stereocenters. The van der Waals surface area contributed by atoms with Crippen molar-refractivity contribution in [3.63, 3.8) is 0 Å². The minimum absolute atomic E-state index is 0. The van der Waals surface area contributed by atoms with Crippen LogP contribution in [0.25, 0.3) is 0 Å². The van der Waals surface area contributed by atoms with Crippen molar-refractivity contribution in [1.29, 1.82) is 0 Å². The molecule has 23 heavy (non-hydrogen) atoms. The van der Waals surface area contributed by atoms with Crippen LogP contribution in [0.1, 0.15) is 16.8 Å². The first kappa shape index (κ1) is 18.0. The fourth-order valence-corrected chi connectivity index (χ4v) is 3.10. The first-order valence-corrected chi connectivity index (χ1v) is 7.45. The number of benzene rings is 1. The Morgan fingerprint density at radius 3 is 2.22 bits per heavy atom. The predicted molar refractivity (Wildman–Crippen MR) is 82.3 cm³/mol. The highest BCUT2D eigenvalue weighted by Crippen LogP contribution is 2.17. The maximum Gasteiger partial charge on any atom is 0.254 e. The fraction of sp³-hybridized carbons (Fsp3) is 0.533. The van der Waals surface area contributed by atoms with Crippen LogP contribution in [0.5, 0.6) is 0 Å². The van der Waals surface area contributed by atoms with E-state index < -0.39 is 23.4 Å². The Kier molecular flexibility index (Phi) is 5.89. The Bertz CT molecular complexity index is 550. The number of hydrogen-bond donors (Lipinski definition) is 1. The third-order valence-corrected chi connectivity index (χ3v) is 4.38. The molecule has 2 heterocycles. The highest BCUT2D eigenvalue weighted by Gasteiger charge is 2.28. The minimum Gasteiger partial charge on any atom is -0.336 e. The van der Waals surface area contributed by atoms with Crippen molar-refractivity contribution in [3.8, 4) is 0 Å². The first-order valence-electron chi connectivity index (χ1n) is 7.45. The van der Waals surface area contributed by atoms with Gasteiger partial charge < -0.3 is 10.2 Å². The predicted octanol–water partition coefficient (Wildman–Crippen LogP) is 1.65.